The summed E-state index contributed by atoms with van der Waals surface area (Å²) in [5.41, 5.74) is -0.203. The van der Waals surface area contributed by atoms with Crippen LogP contribution in [0.5, 0.6) is 5.75 Å². The van der Waals surface area contributed by atoms with Crippen LogP contribution in [-0.4, -0.2) is 37.7 Å². The van der Waals surface area contributed by atoms with Crippen LogP contribution in [-0.2, 0) is 25.7 Å². The summed E-state index contributed by atoms with van der Waals surface area (Å²) in [4.78, 5) is 23.6. The number of carbonyl (C=O) groups excluding carboxylic acids is 2. The van der Waals surface area contributed by atoms with E-state index >= 15 is 0 Å². The van der Waals surface area contributed by atoms with Crippen molar-refractivity contribution in [3.63, 3.8) is 0 Å². The summed E-state index contributed by atoms with van der Waals surface area (Å²) in [5, 5.41) is 2.60. The van der Waals surface area contributed by atoms with E-state index in [9.17, 15) is 9.59 Å². The van der Waals surface area contributed by atoms with E-state index in [1.807, 2.05) is 24.3 Å². The quantitative estimate of drug-likeness (QED) is 0.776. The number of carbonyl (C=O) groups is 2. The average Bonchev–Trinajstić information content (AvgIpc) is 2.51. The molecule has 0 heterocycles. The van der Waals surface area contributed by atoms with Gasteiger partial charge in [0.15, 0.2) is 0 Å². The molecule has 0 saturated carbocycles. The molecule has 0 fully saturated rings. The van der Waals surface area contributed by atoms with E-state index in [-0.39, 0.29) is 12.5 Å². The first kappa shape index (κ1) is 18.0. The second-order valence-electron chi connectivity index (χ2n) is 5.41. The summed E-state index contributed by atoms with van der Waals surface area (Å²) in [6.45, 7) is 5.05. The molecule has 0 aromatic heterocycles. The van der Waals surface area contributed by atoms with E-state index < -0.39 is 17.6 Å². The lowest BCUT2D eigenvalue weighted by atomic mass is 10.1. The fourth-order valence-electron chi connectivity index (χ4n) is 1.77. The molecule has 0 unspecified atom stereocenters. The molecule has 0 bridgehead atoms. The smallest absolute Gasteiger partial charge is 0.330 e. The Morgan fingerprint density at radius 1 is 1.27 bits per heavy atom. The van der Waals surface area contributed by atoms with E-state index in [2.05, 4.69) is 10.1 Å². The lowest BCUT2D eigenvalue weighted by molar-refractivity contribution is -0.151. The highest BCUT2D eigenvalue weighted by molar-refractivity contribution is 5.89. The summed E-state index contributed by atoms with van der Waals surface area (Å²) in [6, 6.07) is 7.40. The minimum Gasteiger partial charge on any atom is -0.497 e. The standard InChI is InChI=1S/C16H23NO5/c1-11(14(18)17-16(2,3)15(19)21-5)22-10-12-7-6-8-13(9-12)20-4/h6-9,11H,10H2,1-5H3,(H,17,18)/t11-/m0/s1. The molecule has 6 nitrogen and oxygen atoms in total. The number of methoxy groups -OCH3 is 2. The zero-order valence-corrected chi connectivity index (χ0v) is 13.6. The van der Waals surface area contributed by atoms with Crippen molar-refractivity contribution in [2.75, 3.05) is 14.2 Å². The highest BCUT2D eigenvalue weighted by Gasteiger charge is 2.32. The number of benzene rings is 1. The van der Waals surface area contributed by atoms with Crippen LogP contribution in [0.15, 0.2) is 24.3 Å². The number of rotatable bonds is 7. The fraction of sp³-hybridized carbons (Fsp3) is 0.500. The van der Waals surface area contributed by atoms with E-state index in [0.29, 0.717) is 0 Å². The Labute approximate surface area is 130 Å². The van der Waals surface area contributed by atoms with Gasteiger partial charge >= 0.3 is 5.97 Å². The molecule has 1 amide bonds. The van der Waals surface area contributed by atoms with Crippen LogP contribution < -0.4 is 10.1 Å². The largest absolute Gasteiger partial charge is 0.497 e. The molecule has 1 rings (SSSR count). The molecule has 0 saturated heterocycles. The van der Waals surface area contributed by atoms with Crippen LogP contribution in [0.4, 0.5) is 0 Å². The third kappa shape index (κ3) is 5.04. The maximum absolute atomic E-state index is 12.1. The Morgan fingerprint density at radius 2 is 1.95 bits per heavy atom. The van der Waals surface area contributed by atoms with Gasteiger partial charge in [0, 0.05) is 0 Å². The molecular weight excluding hydrogens is 286 g/mol. The zero-order valence-electron chi connectivity index (χ0n) is 13.6. The van der Waals surface area contributed by atoms with Gasteiger partial charge in [-0.1, -0.05) is 12.1 Å². The fourth-order valence-corrected chi connectivity index (χ4v) is 1.77. The number of nitrogens with one attached hydrogen (secondary N) is 1. The molecule has 0 radical (unpaired) electrons. The van der Waals surface area contributed by atoms with E-state index in [4.69, 9.17) is 9.47 Å². The van der Waals surface area contributed by atoms with Gasteiger partial charge in [-0.2, -0.15) is 0 Å². The first-order valence-corrected chi connectivity index (χ1v) is 6.95. The van der Waals surface area contributed by atoms with Gasteiger partial charge in [-0.3, -0.25) is 4.79 Å². The predicted octanol–water partition coefficient (Wildman–Crippen LogP) is 1.67. The molecule has 6 heteroatoms. The van der Waals surface area contributed by atoms with Crippen LogP contribution >= 0.6 is 0 Å². The SMILES string of the molecule is COC(=O)C(C)(C)NC(=O)[C@H](C)OCc1cccc(OC)c1. The van der Waals surface area contributed by atoms with Gasteiger partial charge in [0.25, 0.3) is 0 Å². The number of hydrogen-bond donors (Lipinski definition) is 1. The maximum Gasteiger partial charge on any atom is 0.330 e. The lowest BCUT2D eigenvalue weighted by Crippen LogP contribution is -2.53. The lowest BCUT2D eigenvalue weighted by Gasteiger charge is -2.25. The molecule has 122 valence electrons. The van der Waals surface area contributed by atoms with Crippen molar-refractivity contribution in [3.05, 3.63) is 29.8 Å². The first-order chi connectivity index (χ1) is 10.3. The van der Waals surface area contributed by atoms with Crippen molar-refractivity contribution in [2.45, 2.75) is 39.0 Å². The summed E-state index contributed by atoms with van der Waals surface area (Å²) in [7, 11) is 2.86. The van der Waals surface area contributed by atoms with Crippen molar-refractivity contribution >= 4 is 11.9 Å². The Morgan fingerprint density at radius 3 is 2.55 bits per heavy atom. The highest BCUT2D eigenvalue weighted by Crippen LogP contribution is 2.14. The predicted molar refractivity (Wildman–Crippen MR) is 81.5 cm³/mol. The maximum atomic E-state index is 12.1. The normalized spacial score (nSPS) is 12.4. The van der Waals surface area contributed by atoms with Crippen molar-refractivity contribution in [2.24, 2.45) is 0 Å². The number of esters is 1. The molecule has 0 aliphatic rings. The number of ether oxygens (including phenoxy) is 3. The molecule has 0 spiro atoms. The van der Waals surface area contributed by atoms with Gasteiger partial charge in [0.2, 0.25) is 5.91 Å². The molecular formula is C16H23NO5. The minimum atomic E-state index is -1.10. The average molecular weight is 309 g/mol. The monoisotopic (exact) mass is 309 g/mol. The third-order valence-electron chi connectivity index (χ3n) is 3.13. The highest BCUT2D eigenvalue weighted by atomic mass is 16.5. The van der Waals surface area contributed by atoms with Crippen molar-refractivity contribution in [1.29, 1.82) is 0 Å². The summed E-state index contributed by atoms with van der Waals surface area (Å²) in [5.74, 6) is -0.163. The van der Waals surface area contributed by atoms with Crippen molar-refractivity contribution in [3.8, 4) is 5.75 Å². The van der Waals surface area contributed by atoms with Gasteiger partial charge in [0.1, 0.15) is 17.4 Å². The molecule has 0 aliphatic heterocycles. The van der Waals surface area contributed by atoms with E-state index in [0.717, 1.165) is 11.3 Å². The van der Waals surface area contributed by atoms with E-state index in [1.165, 1.54) is 7.11 Å². The van der Waals surface area contributed by atoms with Crippen molar-refractivity contribution < 1.29 is 23.8 Å². The van der Waals surface area contributed by atoms with E-state index in [1.54, 1.807) is 27.9 Å². The van der Waals surface area contributed by atoms with Gasteiger partial charge in [-0.15, -0.1) is 0 Å². The number of amides is 1. The van der Waals surface area contributed by atoms with Gasteiger partial charge < -0.3 is 19.5 Å². The van der Waals surface area contributed by atoms with Crippen LogP contribution in [0, 0.1) is 0 Å². The van der Waals surface area contributed by atoms with Crippen molar-refractivity contribution in [1.82, 2.24) is 5.32 Å². The Bertz CT molecular complexity index is 527. The second kappa shape index (κ2) is 7.79. The summed E-state index contributed by atoms with van der Waals surface area (Å²) in [6.07, 6.45) is -0.699. The van der Waals surface area contributed by atoms with Gasteiger partial charge in [-0.05, 0) is 38.5 Å². The third-order valence-corrected chi connectivity index (χ3v) is 3.13. The molecule has 0 aliphatic carbocycles. The van der Waals surface area contributed by atoms with Gasteiger partial charge in [0.05, 0.1) is 20.8 Å². The Balaban J connectivity index is 2.55. The summed E-state index contributed by atoms with van der Waals surface area (Å²) < 4.78 is 15.3. The molecule has 22 heavy (non-hydrogen) atoms. The van der Waals surface area contributed by atoms with Crippen LogP contribution in [0.25, 0.3) is 0 Å². The Hall–Kier alpha value is -2.08. The van der Waals surface area contributed by atoms with Crippen LogP contribution in [0.2, 0.25) is 0 Å². The summed E-state index contributed by atoms with van der Waals surface area (Å²) >= 11 is 0. The number of hydrogen-bond acceptors (Lipinski definition) is 5. The van der Waals surface area contributed by atoms with Crippen LogP contribution in [0.1, 0.15) is 26.3 Å². The molecule has 1 N–H and O–H groups in total. The Kier molecular flexibility index (Phi) is 6.37. The second-order valence-corrected chi connectivity index (χ2v) is 5.41. The molecule has 1 aromatic rings. The first-order valence-electron chi connectivity index (χ1n) is 6.95. The topological polar surface area (TPSA) is 73.9 Å². The molecule has 1 aromatic carbocycles. The molecule has 1 atom stereocenters. The zero-order chi connectivity index (χ0) is 16.8. The van der Waals surface area contributed by atoms with Crippen LogP contribution in [0.3, 0.4) is 0 Å². The van der Waals surface area contributed by atoms with Gasteiger partial charge in [-0.25, -0.2) is 4.79 Å². The minimum absolute atomic E-state index is 0.268.